The number of halogens is 1. The van der Waals surface area contributed by atoms with Crippen molar-refractivity contribution in [2.75, 3.05) is 26.3 Å². The number of likely N-dealkylation sites (tertiary alicyclic amines) is 1. The first-order chi connectivity index (χ1) is 12.1. The zero-order chi connectivity index (χ0) is 17.6. The van der Waals surface area contributed by atoms with Crippen LogP contribution in [0.4, 0.5) is 0 Å². The molecule has 0 radical (unpaired) electrons. The Morgan fingerprint density at radius 3 is 2.46 bits per heavy atom. The van der Waals surface area contributed by atoms with Gasteiger partial charge in [-0.25, -0.2) is 0 Å². The first kappa shape index (κ1) is 20.7. The number of ether oxygens (including phenoxy) is 1. The topological polar surface area (TPSA) is 84.7 Å². The van der Waals surface area contributed by atoms with E-state index in [1.165, 1.54) is 31.2 Å². The molecule has 2 aliphatic rings. The molecule has 7 heteroatoms. The Morgan fingerprint density at radius 2 is 1.81 bits per heavy atom. The molecule has 0 spiro atoms. The van der Waals surface area contributed by atoms with Gasteiger partial charge in [0.1, 0.15) is 13.2 Å². The summed E-state index contributed by atoms with van der Waals surface area (Å²) in [5.41, 5.74) is 6.28. The lowest BCUT2D eigenvalue weighted by atomic mass is 9.94. The summed E-state index contributed by atoms with van der Waals surface area (Å²) in [6, 6.07) is 11.1. The molecule has 1 saturated heterocycles. The van der Waals surface area contributed by atoms with Gasteiger partial charge < -0.3 is 15.8 Å². The number of amides is 2. The van der Waals surface area contributed by atoms with E-state index in [0.717, 1.165) is 13.1 Å². The van der Waals surface area contributed by atoms with Crippen molar-refractivity contribution in [3.05, 3.63) is 35.9 Å². The monoisotopic (exact) mass is 381 g/mol. The largest absolute Gasteiger partial charge is 0.368 e. The lowest BCUT2D eigenvalue weighted by Crippen LogP contribution is -2.42. The van der Waals surface area contributed by atoms with Crippen LogP contribution < -0.4 is 11.1 Å². The quantitative estimate of drug-likeness (QED) is 0.748. The Hall–Kier alpha value is -1.63. The van der Waals surface area contributed by atoms with Crippen molar-refractivity contribution in [3.63, 3.8) is 0 Å². The van der Waals surface area contributed by atoms with Crippen molar-refractivity contribution >= 4 is 24.2 Å². The number of rotatable bonds is 7. The Kier molecular flexibility index (Phi) is 7.87. The van der Waals surface area contributed by atoms with E-state index >= 15 is 0 Å². The summed E-state index contributed by atoms with van der Waals surface area (Å²) in [6.45, 7) is 1.48. The molecule has 0 aromatic heterocycles. The van der Waals surface area contributed by atoms with Crippen molar-refractivity contribution in [2.24, 2.45) is 5.73 Å². The second kappa shape index (κ2) is 9.90. The van der Waals surface area contributed by atoms with Gasteiger partial charge in [0, 0.05) is 31.1 Å². The second-order valence-corrected chi connectivity index (χ2v) is 7.04. The first-order valence-corrected chi connectivity index (χ1v) is 9.08. The first-order valence-electron chi connectivity index (χ1n) is 9.08. The molecule has 2 amide bonds. The van der Waals surface area contributed by atoms with Crippen LogP contribution in [0, 0.1) is 0 Å². The van der Waals surface area contributed by atoms with Crippen LogP contribution in [0.1, 0.15) is 37.2 Å². The maximum Gasteiger partial charge on any atom is 0.246 e. The smallest absolute Gasteiger partial charge is 0.246 e. The van der Waals surface area contributed by atoms with Crippen LogP contribution in [0.15, 0.2) is 30.3 Å². The predicted molar refractivity (Wildman–Crippen MR) is 102 cm³/mol. The molecule has 1 aromatic rings. The van der Waals surface area contributed by atoms with Gasteiger partial charge in [0.25, 0.3) is 0 Å². The minimum Gasteiger partial charge on any atom is -0.368 e. The molecule has 3 rings (SSSR count). The summed E-state index contributed by atoms with van der Waals surface area (Å²) in [6.07, 6.45) is 5.11. The number of carbonyl (C=O) groups excluding carboxylic acids is 2. The third-order valence-electron chi connectivity index (χ3n) is 5.24. The highest BCUT2D eigenvalue weighted by molar-refractivity contribution is 5.85. The number of nitrogens with zero attached hydrogens (tertiary/aromatic N) is 1. The third kappa shape index (κ3) is 5.43. The molecular weight excluding hydrogens is 354 g/mol. The summed E-state index contributed by atoms with van der Waals surface area (Å²) in [7, 11) is 0. The van der Waals surface area contributed by atoms with E-state index in [1.54, 1.807) is 0 Å². The predicted octanol–water partition coefficient (Wildman–Crippen LogP) is 1.44. The minimum atomic E-state index is -0.566. The van der Waals surface area contributed by atoms with Crippen LogP contribution >= 0.6 is 12.4 Å². The van der Waals surface area contributed by atoms with E-state index in [1.807, 2.05) is 18.2 Å². The van der Waals surface area contributed by atoms with E-state index in [0.29, 0.717) is 6.04 Å². The minimum absolute atomic E-state index is 0. The summed E-state index contributed by atoms with van der Waals surface area (Å²) in [4.78, 5) is 25.4. The average molecular weight is 382 g/mol. The third-order valence-corrected chi connectivity index (χ3v) is 5.24. The number of benzene rings is 1. The van der Waals surface area contributed by atoms with Gasteiger partial charge in [-0.15, -0.1) is 12.4 Å². The van der Waals surface area contributed by atoms with Crippen molar-refractivity contribution in [3.8, 4) is 0 Å². The lowest BCUT2D eigenvalue weighted by Gasteiger charge is -2.23. The van der Waals surface area contributed by atoms with Crippen molar-refractivity contribution in [1.29, 1.82) is 0 Å². The Morgan fingerprint density at radius 1 is 1.12 bits per heavy atom. The van der Waals surface area contributed by atoms with E-state index < -0.39 is 5.91 Å². The highest BCUT2D eigenvalue weighted by Gasteiger charge is 2.38. The van der Waals surface area contributed by atoms with E-state index in [9.17, 15) is 9.59 Å². The van der Waals surface area contributed by atoms with Gasteiger partial charge in [0.05, 0.1) is 0 Å². The van der Waals surface area contributed by atoms with Crippen LogP contribution in [0.3, 0.4) is 0 Å². The summed E-state index contributed by atoms with van der Waals surface area (Å²) in [5.74, 6) is -0.481. The molecule has 1 saturated carbocycles. The number of hydrogen-bond acceptors (Lipinski definition) is 4. The molecule has 6 nitrogen and oxygen atoms in total. The maximum absolute atomic E-state index is 12.2. The fraction of sp³-hybridized carbons (Fsp3) is 0.579. The molecule has 3 N–H and O–H groups in total. The van der Waals surface area contributed by atoms with E-state index in [2.05, 4.69) is 22.3 Å². The average Bonchev–Trinajstić information content (AvgIpc) is 3.24. The number of nitrogens with two attached hydrogens (primary N) is 1. The normalized spacial score (nSPS) is 23.5. The summed E-state index contributed by atoms with van der Waals surface area (Å²) >= 11 is 0. The van der Waals surface area contributed by atoms with Crippen LogP contribution in [-0.4, -0.2) is 55.1 Å². The molecule has 2 atom stereocenters. The highest BCUT2D eigenvalue weighted by atomic mass is 35.5. The van der Waals surface area contributed by atoms with Gasteiger partial charge in [-0.3, -0.25) is 14.5 Å². The SMILES string of the molecule is Cl.NC(=O)COCC(=O)N[C@H]1CN(C2CCCC2)C[C@@H]1c1ccccc1. The molecule has 1 aromatic carbocycles. The zero-order valence-corrected chi connectivity index (χ0v) is 15.7. The van der Waals surface area contributed by atoms with Gasteiger partial charge >= 0.3 is 0 Å². The molecule has 0 unspecified atom stereocenters. The molecule has 1 aliphatic carbocycles. The molecule has 144 valence electrons. The highest BCUT2D eigenvalue weighted by Crippen LogP contribution is 2.33. The van der Waals surface area contributed by atoms with Crippen LogP contribution in [0.2, 0.25) is 0 Å². The fourth-order valence-corrected chi connectivity index (χ4v) is 4.08. The van der Waals surface area contributed by atoms with Crippen LogP contribution in [-0.2, 0) is 14.3 Å². The molecule has 26 heavy (non-hydrogen) atoms. The number of hydrogen-bond donors (Lipinski definition) is 2. The van der Waals surface area contributed by atoms with Gasteiger partial charge in [0.15, 0.2) is 0 Å². The Balaban J connectivity index is 0.00000243. The molecular formula is C19H28ClN3O3. The fourth-order valence-electron chi connectivity index (χ4n) is 4.08. The standard InChI is InChI=1S/C19H27N3O3.ClH/c20-18(23)12-25-13-19(24)21-17-11-22(15-8-4-5-9-15)10-16(17)14-6-2-1-3-7-14;/h1-3,6-7,15-17H,4-5,8-13H2,(H2,20,23)(H,21,24);1H/t16-,17+;/m1./s1. The zero-order valence-electron chi connectivity index (χ0n) is 14.9. The summed E-state index contributed by atoms with van der Waals surface area (Å²) < 4.78 is 5.03. The van der Waals surface area contributed by atoms with Crippen molar-refractivity contribution < 1.29 is 14.3 Å². The van der Waals surface area contributed by atoms with Gasteiger partial charge in [-0.2, -0.15) is 0 Å². The van der Waals surface area contributed by atoms with Crippen LogP contribution in [0.5, 0.6) is 0 Å². The molecule has 0 bridgehead atoms. The molecule has 1 heterocycles. The van der Waals surface area contributed by atoms with Crippen molar-refractivity contribution in [1.82, 2.24) is 10.2 Å². The van der Waals surface area contributed by atoms with Gasteiger partial charge in [0.2, 0.25) is 11.8 Å². The van der Waals surface area contributed by atoms with Crippen molar-refractivity contribution in [2.45, 2.75) is 43.7 Å². The molecule has 1 aliphatic heterocycles. The van der Waals surface area contributed by atoms with Crippen LogP contribution in [0.25, 0.3) is 0 Å². The second-order valence-electron chi connectivity index (χ2n) is 7.04. The van der Waals surface area contributed by atoms with E-state index in [4.69, 9.17) is 10.5 Å². The number of nitrogens with one attached hydrogen (secondary N) is 1. The lowest BCUT2D eigenvalue weighted by molar-refractivity contribution is -0.129. The van der Waals surface area contributed by atoms with E-state index in [-0.39, 0.29) is 43.5 Å². The number of carbonyl (C=O) groups is 2. The Bertz CT molecular complexity index is 593. The number of primary amides is 1. The summed E-state index contributed by atoms with van der Waals surface area (Å²) in [5, 5.41) is 3.10. The Labute approximate surface area is 160 Å². The van der Waals surface area contributed by atoms with Gasteiger partial charge in [-0.05, 0) is 18.4 Å². The van der Waals surface area contributed by atoms with Gasteiger partial charge in [-0.1, -0.05) is 43.2 Å². The maximum atomic E-state index is 12.2. The molecule has 2 fully saturated rings.